The Balaban J connectivity index is 1.30. The third-order valence-corrected chi connectivity index (χ3v) is 6.67. The summed E-state index contributed by atoms with van der Waals surface area (Å²) in [6.45, 7) is 1.63. The zero-order valence-electron chi connectivity index (χ0n) is 16.7. The van der Waals surface area contributed by atoms with E-state index in [4.69, 9.17) is 4.74 Å². The van der Waals surface area contributed by atoms with E-state index in [9.17, 15) is 21.6 Å². The lowest BCUT2D eigenvalue weighted by Gasteiger charge is -2.16. The maximum absolute atomic E-state index is 12.6. The number of hydrogen-bond acceptors (Lipinski definition) is 8. The van der Waals surface area contributed by atoms with E-state index in [0.717, 1.165) is 0 Å². The molecule has 1 aliphatic heterocycles. The molecule has 3 aromatic rings. The lowest BCUT2D eigenvalue weighted by molar-refractivity contribution is -0.159. The van der Waals surface area contributed by atoms with Crippen LogP contribution in [0.5, 0.6) is 5.88 Å². The third kappa shape index (κ3) is 5.25. The predicted octanol–water partition coefficient (Wildman–Crippen LogP) is 3.08. The minimum absolute atomic E-state index is 0.0152. The van der Waals surface area contributed by atoms with E-state index in [-0.39, 0.29) is 23.2 Å². The molecule has 3 heterocycles. The molecule has 0 saturated carbocycles. The van der Waals surface area contributed by atoms with Crippen LogP contribution in [0.1, 0.15) is 12.3 Å². The van der Waals surface area contributed by atoms with Crippen molar-refractivity contribution < 1.29 is 30.8 Å². The second-order valence-electron chi connectivity index (χ2n) is 7.27. The van der Waals surface area contributed by atoms with E-state index in [1.165, 1.54) is 18.3 Å². The monoisotopic (exact) mass is 468 g/mol. The summed E-state index contributed by atoms with van der Waals surface area (Å²) in [5, 5.41) is 3.32. The van der Waals surface area contributed by atoms with Gasteiger partial charge in [0.15, 0.2) is 9.84 Å². The Kier molecular flexibility index (Phi) is 6.15. The van der Waals surface area contributed by atoms with Crippen LogP contribution in [0.15, 0.2) is 58.1 Å². The predicted molar refractivity (Wildman–Crippen MR) is 106 cm³/mol. The number of alkyl halides is 3. The Morgan fingerprint density at radius 1 is 1.16 bits per heavy atom. The molecule has 170 valence electrons. The van der Waals surface area contributed by atoms with Crippen molar-refractivity contribution in [1.82, 2.24) is 20.0 Å². The molecule has 0 bridgehead atoms. The molecule has 4 rings (SSSR count). The first-order valence-corrected chi connectivity index (χ1v) is 11.4. The molecule has 1 atom stereocenters. The van der Waals surface area contributed by atoms with Gasteiger partial charge in [-0.25, -0.2) is 13.4 Å². The molecule has 1 unspecified atom stereocenters. The maximum atomic E-state index is 12.6. The largest absolute Gasteiger partial charge is 0.473 e. The van der Waals surface area contributed by atoms with Crippen LogP contribution in [0.3, 0.4) is 0 Å². The van der Waals surface area contributed by atoms with Crippen molar-refractivity contribution in [1.29, 1.82) is 0 Å². The van der Waals surface area contributed by atoms with Gasteiger partial charge in [0.1, 0.15) is 6.10 Å². The molecule has 8 nitrogen and oxygen atoms in total. The van der Waals surface area contributed by atoms with Crippen LogP contribution < -0.4 is 4.74 Å². The molecule has 1 fully saturated rings. The second-order valence-corrected chi connectivity index (χ2v) is 9.38. The average Bonchev–Trinajstić information content (AvgIpc) is 3.43. The average molecular weight is 468 g/mol. The lowest BCUT2D eigenvalue weighted by Crippen LogP contribution is -2.29. The number of hydrogen-bond donors (Lipinski definition) is 0. The molecule has 1 aliphatic rings. The van der Waals surface area contributed by atoms with Gasteiger partial charge in [-0.3, -0.25) is 4.90 Å². The van der Waals surface area contributed by atoms with Gasteiger partial charge in [-0.15, -0.1) is 0 Å². The van der Waals surface area contributed by atoms with Crippen LogP contribution in [0, 0.1) is 0 Å². The molecular weight excluding hydrogens is 449 g/mol. The van der Waals surface area contributed by atoms with Crippen LogP contribution in [0.4, 0.5) is 13.2 Å². The third-order valence-electron chi connectivity index (χ3n) is 4.96. The fraction of sp³-hybridized carbons (Fsp3) is 0.350. The van der Waals surface area contributed by atoms with Crippen LogP contribution in [-0.2, 0) is 16.0 Å². The van der Waals surface area contributed by atoms with E-state index in [0.29, 0.717) is 36.8 Å². The first-order valence-electron chi connectivity index (χ1n) is 9.75. The highest BCUT2D eigenvalue weighted by atomic mass is 32.2. The molecular formula is C20H19F3N4O4S. The van der Waals surface area contributed by atoms with Crippen LogP contribution in [-0.4, -0.2) is 59.9 Å². The quantitative estimate of drug-likeness (QED) is 0.522. The zero-order valence-corrected chi connectivity index (χ0v) is 17.5. The molecule has 0 amide bonds. The summed E-state index contributed by atoms with van der Waals surface area (Å²) in [5.41, 5.74) is 0.260. The Morgan fingerprint density at radius 2 is 1.94 bits per heavy atom. The van der Waals surface area contributed by atoms with Gasteiger partial charge in [0.25, 0.3) is 0 Å². The van der Waals surface area contributed by atoms with Crippen LogP contribution in [0.25, 0.3) is 11.4 Å². The number of ether oxygens (including phenoxy) is 1. The Labute approximate surface area is 181 Å². The van der Waals surface area contributed by atoms with Crippen LogP contribution >= 0.6 is 0 Å². The van der Waals surface area contributed by atoms with Crippen molar-refractivity contribution in [2.45, 2.75) is 23.6 Å². The summed E-state index contributed by atoms with van der Waals surface area (Å²) >= 11 is 0. The molecule has 1 aromatic carbocycles. The van der Waals surface area contributed by atoms with E-state index in [2.05, 4.69) is 19.6 Å². The van der Waals surface area contributed by atoms with E-state index >= 15 is 0 Å². The molecule has 12 heteroatoms. The first kappa shape index (κ1) is 22.2. The second kappa shape index (κ2) is 8.87. The van der Waals surface area contributed by atoms with Crippen molar-refractivity contribution in [3.8, 4) is 17.3 Å². The van der Waals surface area contributed by atoms with Gasteiger partial charge >= 0.3 is 12.1 Å². The number of rotatable bonds is 7. The number of pyridine rings is 1. The number of halogens is 3. The summed E-state index contributed by atoms with van der Waals surface area (Å²) in [5.74, 6) is -1.32. The van der Waals surface area contributed by atoms with E-state index in [1.54, 1.807) is 30.3 Å². The first-order chi connectivity index (χ1) is 15.2. The molecule has 1 saturated heterocycles. The van der Waals surface area contributed by atoms with Crippen molar-refractivity contribution in [2.75, 3.05) is 25.4 Å². The number of sulfone groups is 1. The summed E-state index contributed by atoms with van der Waals surface area (Å²) in [7, 11) is -3.35. The van der Waals surface area contributed by atoms with Gasteiger partial charge in [0, 0.05) is 37.5 Å². The van der Waals surface area contributed by atoms with Crippen molar-refractivity contribution in [2.24, 2.45) is 0 Å². The number of benzene rings is 1. The van der Waals surface area contributed by atoms with Crippen molar-refractivity contribution in [3.63, 3.8) is 0 Å². The minimum atomic E-state index is -4.71. The fourth-order valence-electron chi connectivity index (χ4n) is 3.30. The van der Waals surface area contributed by atoms with Crippen molar-refractivity contribution >= 4 is 9.84 Å². The van der Waals surface area contributed by atoms with Gasteiger partial charge in [-0.1, -0.05) is 23.4 Å². The Bertz CT molecular complexity index is 1150. The van der Waals surface area contributed by atoms with Gasteiger partial charge in [-0.2, -0.15) is 18.2 Å². The normalized spacial score (nSPS) is 17.5. The minimum Gasteiger partial charge on any atom is -0.473 e. The number of likely N-dealkylation sites (tertiary alicyclic amines) is 1. The van der Waals surface area contributed by atoms with Crippen LogP contribution in [0.2, 0.25) is 0 Å². The summed E-state index contributed by atoms with van der Waals surface area (Å²) in [4.78, 5) is 9.74. The highest BCUT2D eigenvalue weighted by molar-refractivity contribution is 7.91. The molecule has 0 radical (unpaired) electrons. The molecule has 0 N–H and O–H groups in total. The molecule has 0 spiro atoms. The Morgan fingerprint density at radius 3 is 2.59 bits per heavy atom. The van der Waals surface area contributed by atoms with Gasteiger partial charge < -0.3 is 9.26 Å². The topological polar surface area (TPSA) is 98.4 Å². The lowest BCUT2D eigenvalue weighted by atomic mass is 10.2. The number of nitrogens with zero attached hydrogens (tertiary/aromatic N) is 4. The summed E-state index contributed by atoms with van der Waals surface area (Å²) in [6, 6.07) is 11.3. The fourth-order valence-corrected chi connectivity index (χ4v) is 4.61. The Hall–Kier alpha value is -2.99. The molecule has 0 aliphatic carbocycles. The standard InChI is InChI=1S/C20H19F3N4O4S/c21-20(22,23)19-25-18(26-31-19)14-6-7-17(24-12-14)30-15-8-9-27(13-15)10-11-32(28,29)16-4-2-1-3-5-16/h1-7,12,15H,8-11,13H2. The number of aromatic nitrogens is 3. The van der Waals surface area contributed by atoms with Crippen molar-refractivity contribution in [3.05, 3.63) is 54.6 Å². The van der Waals surface area contributed by atoms with Gasteiger partial charge in [0.2, 0.25) is 11.7 Å². The molecule has 32 heavy (non-hydrogen) atoms. The summed E-state index contributed by atoms with van der Waals surface area (Å²) in [6.07, 6.45) is -2.88. The smallest absolute Gasteiger partial charge is 0.471 e. The maximum Gasteiger partial charge on any atom is 0.471 e. The van der Waals surface area contributed by atoms with E-state index in [1.807, 2.05) is 4.90 Å². The zero-order chi connectivity index (χ0) is 22.8. The summed E-state index contributed by atoms with van der Waals surface area (Å²) < 4.78 is 72.6. The highest BCUT2D eigenvalue weighted by Gasteiger charge is 2.38. The SMILES string of the molecule is O=S(=O)(CCN1CCC(Oc2ccc(-c3noc(C(F)(F)F)n3)cn2)C1)c1ccccc1. The highest BCUT2D eigenvalue weighted by Crippen LogP contribution is 2.29. The van der Waals surface area contributed by atoms with Gasteiger partial charge in [0.05, 0.1) is 10.6 Å². The van der Waals surface area contributed by atoms with E-state index < -0.39 is 21.9 Å². The van der Waals surface area contributed by atoms with Gasteiger partial charge in [-0.05, 0) is 24.6 Å². The molecule has 2 aromatic heterocycles.